The van der Waals surface area contributed by atoms with Crippen molar-refractivity contribution in [3.63, 3.8) is 0 Å². The Hall–Kier alpha value is -3.52. The van der Waals surface area contributed by atoms with Gasteiger partial charge in [-0.25, -0.2) is 0 Å². The molecule has 29 heavy (non-hydrogen) atoms. The van der Waals surface area contributed by atoms with E-state index in [1.54, 1.807) is 0 Å². The lowest BCUT2D eigenvalue weighted by Gasteiger charge is -2.36. The van der Waals surface area contributed by atoms with Crippen LogP contribution in [0.4, 0.5) is 0 Å². The fraction of sp³-hybridized carbons (Fsp3) is 0.111. The first-order chi connectivity index (χ1) is 14.3. The molecular formula is C27H20O2. The van der Waals surface area contributed by atoms with Crippen molar-refractivity contribution in [2.75, 3.05) is 6.61 Å². The molecule has 0 fully saturated rings. The molecular weight excluding hydrogens is 356 g/mol. The summed E-state index contributed by atoms with van der Waals surface area (Å²) in [5.41, 5.74) is 3.98. The Morgan fingerprint density at radius 3 is 2.48 bits per heavy atom. The maximum absolute atomic E-state index is 6.83. The summed E-state index contributed by atoms with van der Waals surface area (Å²) in [5, 5.41) is 2.44. The SMILES string of the molecule is C1=CC(c2ccccc2)(c2ccc3c(c2)CCO3)Oc2ccc3ccccc3c21. The molecule has 1 atom stereocenters. The fourth-order valence-corrected chi connectivity index (χ4v) is 4.52. The van der Waals surface area contributed by atoms with E-state index in [9.17, 15) is 0 Å². The maximum atomic E-state index is 6.83. The van der Waals surface area contributed by atoms with E-state index in [1.807, 2.05) is 6.07 Å². The molecule has 0 amide bonds. The lowest BCUT2D eigenvalue weighted by Crippen LogP contribution is -2.34. The second-order valence-corrected chi connectivity index (χ2v) is 7.66. The van der Waals surface area contributed by atoms with Crippen LogP contribution in [-0.4, -0.2) is 6.61 Å². The summed E-state index contributed by atoms with van der Waals surface area (Å²) < 4.78 is 12.6. The number of fused-ring (bicyclic) bond motifs is 4. The highest BCUT2D eigenvalue weighted by atomic mass is 16.5. The van der Waals surface area contributed by atoms with E-state index in [1.165, 1.54) is 16.3 Å². The molecule has 0 spiro atoms. The molecule has 2 heterocycles. The Bertz CT molecular complexity index is 1260. The molecule has 0 aromatic heterocycles. The van der Waals surface area contributed by atoms with Crippen LogP contribution in [0.1, 0.15) is 22.3 Å². The molecule has 2 nitrogen and oxygen atoms in total. The van der Waals surface area contributed by atoms with Crippen LogP contribution in [0, 0.1) is 0 Å². The molecule has 0 aliphatic carbocycles. The van der Waals surface area contributed by atoms with Gasteiger partial charge in [-0.05, 0) is 46.7 Å². The highest BCUT2D eigenvalue weighted by molar-refractivity contribution is 5.94. The van der Waals surface area contributed by atoms with Gasteiger partial charge in [-0.3, -0.25) is 0 Å². The van der Waals surface area contributed by atoms with Crippen LogP contribution in [0.25, 0.3) is 16.8 Å². The van der Waals surface area contributed by atoms with E-state index in [2.05, 4.69) is 91.0 Å². The average molecular weight is 376 g/mol. The molecule has 6 rings (SSSR count). The first-order valence-corrected chi connectivity index (χ1v) is 10.1. The topological polar surface area (TPSA) is 18.5 Å². The van der Waals surface area contributed by atoms with Crippen molar-refractivity contribution >= 4 is 16.8 Å². The summed E-state index contributed by atoms with van der Waals surface area (Å²) in [6.45, 7) is 0.753. The van der Waals surface area contributed by atoms with E-state index in [0.29, 0.717) is 0 Å². The molecule has 4 aromatic carbocycles. The van der Waals surface area contributed by atoms with Gasteiger partial charge >= 0.3 is 0 Å². The number of ether oxygens (including phenoxy) is 2. The quantitative estimate of drug-likeness (QED) is 0.419. The minimum Gasteiger partial charge on any atom is -0.493 e. The van der Waals surface area contributed by atoms with Gasteiger partial charge in [0.15, 0.2) is 5.60 Å². The van der Waals surface area contributed by atoms with Crippen molar-refractivity contribution in [3.05, 3.63) is 113 Å². The second-order valence-electron chi connectivity index (χ2n) is 7.66. The Balaban J connectivity index is 1.57. The van der Waals surface area contributed by atoms with Gasteiger partial charge in [-0.2, -0.15) is 0 Å². The molecule has 0 radical (unpaired) electrons. The van der Waals surface area contributed by atoms with Gasteiger partial charge in [0.05, 0.1) is 6.61 Å². The molecule has 0 N–H and O–H groups in total. The van der Waals surface area contributed by atoms with Crippen molar-refractivity contribution in [2.45, 2.75) is 12.0 Å². The van der Waals surface area contributed by atoms with Gasteiger partial charge in [-0.15, -0.1) is 0 Å². The average Bonchev–Trinajstić information content (AvgIpc) is 3.27. The van der Waals surface area contributed by atoms with Crippen LogP contribution in [0.15, 0.2) is 91.0 Å². The van der Waals surface area contributed by atoms with Gasteiger partial charge < -0.3 is 9.47 Å². The minimum atomic E-state index is -0.658. The number of rotatable bonds is 2. The molecule has 0 bridgehead atoms. The molecule has 0 saturated heterocycles. The standard InChI is InChI=1S/C27H20O2/c1-2-7-21(8-3-1)27(22-11-13-25-20(18-22)15-17-28-25)16-14-24-23-9-5-4-6-19(23)10-12-26(24)29-27/h1-14,16,18H,15,17H2. The molecule has 2 aliphatic heterocycles. The van der Waals surface area contributed by atoms with Crippen molar-refractivity contribution in [3.8, 4) is 11.5 Å². The van der Waals surface area contributed by atoms with Gasteiger partial charge in [-0.1, -0.05) is 66.7 Å². The summed E-state index contributed by atoms with van der Waals surface area (Å²) in [6, 6.07) is 29.6. The zero-order valence-corrected chi connectivity index (χ0v) is 16.0. The van der Waals surface area contributed by atoms with Crippen molar-refractivity contribution in [1.82, 2.24) is 0 Å². The molecule has 140 valence electrons. The highest BCUT2D eigenvalue weighted by Crippen LogP contribution is 2.45. The first-order valence-electron chi connectivity index (χ1n) is 10.1. The van der Waals surface area contributed by atoms with E-state index in [-0.39, 0.29) is 0 Å². The summed E-state index contributed by atoms with van der Waals surface area (Å²) >= 11 is 0. The van der Waals surface area contributed by atoms with Crippen molar-refractivity contribution in [2.24, 2.45) is 0 Å². The first kappa shape index (κ1) is 16.4. The lowest BCUT2D eigenvalue weighted by atomic mass is 9.82. The van der Waals surface area contributed by atoms with Gasteiger partial charge in [0.1, 0.15) is 11.5 Å². The zero-order valence-electron chi connectivity index (χ0n) is 16.0. The van der Waals surface area contributed by atoms with Crippen molar-refractivity contribution < 1.29 is 9.47 Å². The largest absolute Gasteiger partial charge is 0.493 e. The lowest BCUT2D eigenvalue weighted by molar-refractivity contribution is 0.161. The van der Waals surface area contributed by atoms with Gasteiger partial charge in [0.25, 0.3) is 0 Å². The monoisotopic (exact) mass is 376 g/mol. The van der Waals surface area contributed by atoms with E-state index in [4.69, 9.17) is 9.47 Å². The summed E-state index contributed by atoms with van der Waals surface area (Å²) in [4.78, 5) is 0. The third-order valence-corrected chi connectivity index (χ3v) is 6.01. The molecule has 0 saturated carbocycles. The summed E-state index contributed by atoms with van der Waals surface area (Å²) in [7, 11) is 0. The maximum Gasteiger partial charge on any atom is 0.178 e. The van der Waals surface area contributed by atoms with Crippen LogP contribution in [-0.2, 0) is 12.0 Å². The van der Waals surface area contributed by atoms with Crippen LogP contribution < -0.4 is 9.47 Å². The summed E-state index contributed by atoms with van der Waals surface area (Å²) in [6.07, 6.45) is 5.37. The van der Waals surface area contributed by atoms with Crippen LogP contribution in [0.3, 0.4) is 0 Å². The van der Waals surface area contributed by atoms with E-state index >= 15 is 0 Å². The Kier molecular flexibility index (Phi) is 3.54. The molecule has 2 aliphatic rings. The third kappa shape index (κ3) is 2.49. The van der Waals surface area contributed by atoms with Crippen molar-refractivity contribution in [1.29, 1.82) is 0 Å². The fourth-order valence-electron chi connectivity index (χ4n) is 4.52. The van der Waals surface area contributed by atoms with E-state index < -0.39 is 5.60 Å². The molecule has 2 heteroatoms. The third-order valence-electron chi connectivity index (χ3n) is 6.01. The Morgan fingerprint density at radius 2 is 1.55 bits per heavy atom. The van der Waals surface area contributed by atoms with Crippen LogP contribution in [0.2, 0.25) is 0 Å². The number of hydrogen-bond donors (Lipinski definition) is 0. The number of hydrogen-bond acceptors (Lipinski definition) is 2. The predicted octanol–water partition coefficient (Wildman–Crippen LogP) is 6.12. The second kappa shape index (κ2) is 6.25. The normalized spacial score (nSPS) is 19.3. The predicted molar refractivity (Wildman–Crippen MR) is 116 cm³/mol. The van der Waals surface area contributed by atoms with Gasteiger partial charge in [0.2, 0.25) is 0 Å². The Morgan fingerprint density at radius 1 is 0.724 bits per heavy atom. The zero-order chi connectivity index (χ0) is 19.3. The Labute approximate surface area is 170 Å². The highest BCUT2D eigenvalue weighted by Gasteiger charge is 2.38. The van der Waals surface area contributed by atoms with Crippen LogP contribution in [0.5, 0.6) is 11.5 Å². The molecule has 1 unspecified atom stereocenters. The summed E-state index contributed by atoms with van der Waals surface area (Å²) in [5.74, 6) is 1.90. The van der Waals surface area contributed by atoms with Gasteiger partial charge in [0, 0.05) is 23.1 Å². The number of benzene rings is 4. The van der Waals surface area contributed by atoms with E-state index in [0.717, 1.165) is 41.2 Å². The molecule has 4 aromatic rings. The minimum absolute atomic E-state index is 0.658. The smallest absolute Gasteiger partial charge is 0.178 e. The van der Waals surface area contributed by atoms with Crippen LogP contribution >= 0.6 is 0 Å².